The molecule has 1 aliphatic heterocycles. The van der Waals surface area contributed by atoms with Crippen molar-refractivity contribution < 1.29 is 14.3 Å². The molecule has 144 valence electrons. The summed E-state index contributed by atoms with van der Waals surface area (Å²) in [6.45, 7) is 2.42. The van der Waals surface area contributed by atoms with E-state index in [2.05, 4.69) is 16.9 Å². The van der Waals surface area contributed by atoms with Gasteiger partial charge in [-0.1, -0.05) is 54.5 Å². The van der Waals surface area contributed by atoms with E-state index in [0.717, 1.165) is 17.5 Å². The summed E-state index contributed by atoms with van der Waals surface area (Å²) in [5, 5.41) is 3.69. The number of azide groups is 1. The van der Waals surface area contributed by atoms with Crippen LogP contribution in [0.1, 0.15) is 29.3 Å². The summed E-state index contributed by atoms with van der Waals surface area (Å²) < 4.78 is 4.85. The number of aryl methyl sites for hydroxylation is 1. The molecule has 0 saturated carbocycles. The van der Waals surface area contributed by atoms with Crippen LogP contribution in [0.15, 0.2) is 53.6 Å². The summed E-state index contributed by atoms with van der Waals surface area (Å²) in [4.78, 5) is 29.9. The Balaban J connectivity index is 1.98. The topological polar surface area (TPSA) is 95.4 Å². The number of hydrogen-bond donors (Lipinski definition) is 0. The molecule has 7 heteroatoms. The Hall–Kier alpha value is -3.31. The third-order valence-electron chi connectivity index (χ3n) is 5.10. The average Bonchev–Trinajstić information content (AvgIpc) is 3.16. The van der Waals surface area contributed by atoms with Gasteiger partial charge in [0.05, 0.1) is 13.2 Å². The molecule has 1 saturated heterocycles. The smallest absolute Gasteiger partial charge is 0.329 e. The predicted octanol–water partition coefficient (Wildman–Crippen LogP) is 3.98. The Morgan fingerprint density at radius 2 is 1.93 bits per heavy atom. The Morgan fingerprint density at radius 1 is 1.21 bits per heavy atom. The summed E-state index contributed by atoms with van der Waals surface area (Å²) in [5.41, 5.74) is 12.2. The van der Waals surface area contributed by atoms with Crippen molar-refractivity contribution in [3.8, 4) is 11.1 Å². The van der Waals surface area contributed by atoms with Gasteiger partial charge in [-0.05, 0) is 41.1 Å². The van der Waals surface area contributed by atoms with Crippen LogP contribution in [0, 0.1) is 0 Å². The molecule has 1 fully saturated rings. The standard InChI is InChI=1S/C21H22N4O3/c1-3-14-8-10-15(11-9-14)16-6-4-5-7-17(16)20(26)25-13-12-18(23-24-22)19(25)21(27)28-2/h4-11,18-19H,3,12-13H2,1-2H3/t18-,19+/m1/s1. The Kier molecular flexibility index (Phi) is 5.96. The molecule has 0 unspecified atom stereocenters. The third-order valence-corrected chi connectivity index (χ3v) is 5.10. The predicted molar refractivity (Wildman–Crippen MR) is 106 cm³/mol. The van der Waals surface area contributed by atoms with Gasteiger partial charge in [-0.25, -0.2) is 4.79 Å². The van der Waals surface area contributed by atoms with Crippen LogP contribution in [0.5, 0.6) is 0 Å². The monoisotopic (exact) mass is 378 g/mol. The van der Waals surface area contributed by atoms with E-state index in [4.69, 9.17) is 10.3 Å². The zero-order chi connectivity index (χ0) is 20.1. The molecule has 7 nitrogen and oxygen atoms in total. The summed E-state index contributed by atoms with van der Waals surface area (Å²) in [7, 11) is 1.26. The molecule has 3 rings (SSSR count). The minimum Gasteiger partial charge on any atom is -0.467 e. The minimum absolute atomic E-state index is 0.277. The van der Waals surface area contributed by atoms with E-state index in [-0.39, 0.29) is 5.91 Å². The molecule has 0 aromatic heterocycles. The van der Waals surface area contributed by atoms with Crippen LogP contribution >= 0.6 is 0 Å². The van der Waals surface area contributed by atoms with Crippen LogP contribution in [-0.4, -0.2) is 42.5 Å². The number of hydrogen-bond acceptors (Lipinski definition) is 4. The van der Waals surface area contributed by atoms with Gasteiger partial charge in [-0.15, -0.1) is 0 Å². The van der Waals surface area contributed by atoms with Gasteiger partial charge >= 0.3 is 5.97 Å². The number of nitrogens with zero attached hydrogens (tertiary/aromatic N) is 4. The van der Waals surface area contributed by atoms with E-state index in [1.807, 2.05) is 36.4 Å². The normalized spacial score (nSPS) is 18.4. The quantitative estimate of drug-likeness (QED) is 0.341. The number of carbonyl (C=O) groups excluding carboxylic acids is 2. The van der Waals surface area contributed by atoms with E-state index in [0.29, 0.717) is 18.5 Å². The molecule has 1 amide bonds. The Bertz CT molecular complexity index is 920. The van der Waals surface area contributed by atoms with Crippen molar-refractivity contribution in [1.82, 2.24) is 4.90 Å². The van der Waals surface area contributed by atoms with Gasteiger partial charge in [-0.2, -0.15) is 0 Å². The number of rotatable bonds is 5. The van der Waals surface area contributed by atoms with E-state index < -0.39 is 18.1 Å². The molecule has 1 heterocycles. The highest BCUT2D eigenvalue weighted by molar-refractivity contribution is 6.02. The van der Waals surface area contributed by atoms with Crippen molar-refractivity contribution in [3.63, 3.8) is 0 Å². The fourth-order valence-electron chi connectivity index (χ4n) is 3.59. The highest BCUT2D eigenvalue weighted by Crippen LogP contribution is 2.29. The summed E-state index contributed by atoms with van der Waals surface area (Å²) in [6, 6.07) is 13.9. The molecule has 2 atom stereocenters. The minimum atomic E-state index is -0.913. The zero-order valence-corrected chi connectivity index (χ0v) is 15.9. The molecule has 0 N–H and O–H groups in total. The highest BCUT2D eigenvalue weighted by atomic mass is 16.5. The summed E-state index contributed by atoms with van der Waals surface area (Å²) in [6.07, 6.45) is 1.36. The average molecular weight is 378 g/mol. The molecule has 28 heavy (non-hydrogen) atoms. The van der Waals surface area contributed by atoms with Crippen LogP contribution in [0.25, 0.3) is 21.6 Å². The molecule has 0 aliphatic carbocycles. The Morgan fingerprint density at radius 3 is 2.57 bits per heavy atom. The number of carbonyl (C=O) groups is 2. The number of amides is 1. The molecule has 1 aliphatic rings. The van der Waals surface area contributed by atoms with Crippen molar-refractivity contribution >= 4 is 11.9 Å². The lowest BCUT2D eigenvalue weighted by Crippen LogP contribution is -2.45. The largest absolute Gasteiger partial charge is 0.467 e. The fraction of sp³-hybridized carbons (Fsp3) is 0.333. The second-order valence-electron chi connectivity index (χ2n) is 6.62. The lowest BCUT2D eigenvalue weighted by atomic mass is 9.97. The number of methoxy groups -OCH3 is 1. The van der Waals surface area contributed by atoms with Gasteiger partial charge in [0.25, 0.3) is 5.91 Å². The fourth-order valence-corrected chi connectivity index (χ4v) is 3.59. The van der Waals surface area contributed by atoms with Gasteiger partial charge in [-0.3, -0.25) is 4.79 Å². The van der Waals surface area contributed by atoms with Crippen LogP contribution in [0.4, 0.5) is 0 Å². The number of benzene rings is 2. The van der Waals surface area contributed by atoms with E-state index in [1.165, 1.54) is 17.6 Å². The van der Waals surface area contributed by atoms with Gasteiger partial charge in [0.15, 0.2) is 0 Å². The van der Waals surface area contributed by atoms with Crippen molar-refractivity contribution in [1.29, 1.82) is 0 Å². The second-order valence-corrected chi connectivity index (χ2v) is 6.62. The maximum Gasteiger partial charge on any atom is 0.329 e. The van der Waals surface area contributed by atoms with Gasteiger partial charge in [0.2, 0.25) is 0 Å². The molecule has 2 aromatic rings. The SMILES string of the molecule is CCc1ccc(-c2ccccc2C(=O)N2CC[C@@H](N=[N+]=[N-])[C@H]2C(=O)OC)cc1. The van der Waals surface area contributed by atoms with Gasteiger partial charge in [0, 0.05) is 17.0 Å². The first kappa shape index (κ1) is 19.5. The zero-order valence-electron chi connectivity index (χ0n) is 15.9. The first-order valence-electron chi connectivity index (χ1n) is 9.22. The van der Waals surface area contributed by atoms with Crippen molar-refractivity contribution in [3.05, 3.63) is 70.1 Å². The lowest BCUT2D eigenvalue weighted by Gasteiger charge is -2.25. The molecular weight excluding hydrogens is 356 g/mol. The van der Waals surface area contributed by atoms with E-state index in [9.17, 15) is 9.59 Å². The number of esters is 1. The lowest BCUT2D eigenvalue weighted by molar-refractivity contribution is -0.145. The van der Waals surface area contributed by atoms with Crippen molar-refractivity contribution in [2.24, 2.45) is 5.11 Å². The van der Waals surface area contributed by atoms with Gasteiger partial charge in [0.1, 0.15) is 6.04 Å². The second kappa shape index (κ2) is 8.59. The van der Waals surface area contributed by atoms with E-state index >= 15 is 0 Å². The maximum absolute atomic E-state index is 13.3. The molecule has 0 spiro atoms. The van der Waals surface area contributed by atoms with E-state index in [1.54, 1.807) is 12.1 Å². The van der Waals surface area contributed by atoms with Crippen LogP contribution in [0.3, 0.4) is 0 Å². The summed E-state index contributed by atoms with van der Waals surface area (Å²) >= 11 is 0. The summed E-state index contributed by atoms with van der Waals surface area (Å²) in [5.74, 6) is -0.853. The van der Waals surface area contributed by atoms with Gasteiger partial charge < -0.3 is 9.64 Å². The molecule has 0 radical (unpaired) electrons. The number of ether oxygens (including phenoxy) is 1. The maximum atomic E-state index is 13.3. The molecular formula is C21H22N4O3. The Labute approximate surface area is 163 Å². The van der Waals surface area contributed by atoms with Crippen molar-refractivity contribution in [2.45, 2.75) is 31.8 Å². The number of likely N-dealkylation sites (tertiary alicyclic amines) is 1. The molecule has 0 bridgehead atoms. The molecule has 2 aromatic carbocycles. The van der Waals surface area contributed by atoms with Crippen molar-refractivity contribution in [2.75, 3.05) is 13.7 Å². The van der Waals surface area contributed by atoms with Crippen LogP contribution < -0.4 is 0 Å². The van der Waals surface area contributed by atoms with Crippen LogP contribution in [-0.2, 0) is 16.0 Å². The highest BCUT2D eigenvalue weighted by Gasteiger charge is 2.42. The third kappa shape index (κ3) is 3.70. The van der Waals surface area contributed by atoms with Crippen LogP contribution in [0.2, 0.25) is 0 Å². The first-order valence-corrected chi connectivity index (χ1v) is 9.22. The first-order chi connectivity index (χ1) is 13.6.